The summed E-state index contributed by atoms with van der Waals surface area (Å²) < 4.78 is 7.18. The molecule has 1 fully saturated rings. The van der Waals surface area contributed by atoms with Crippen molar-refractivity contribution >= 4 is 35.4 Å². The Morgan fingerprint density at radius 1 is 1.20 bits per heavy atom. The van der Waals surface area contributed by atoms with Crippen molar-refractivity contribution in [2.24, 2.45) is 0 Å². The van der Waals surface area contributed by atoms with Crippen LogP contribution in [0.3, 0.4) is 0 Å². The normalized spacial score (nSPS) is 16.1. The lowest BCUT2D eigenvalue weighted by Gasteiger charge is -2.27. The molecule has 156 valence electrons. The standard InChI is InChI=1S/C20H20N4OS2.C3H6/c1-13-19(27-20(22-13)15-4-3-9-21-12-15)16-5-6-17-18(23-16)14(8-11-25-2)7-10-24(17)26;1-2-3-1/h3-6,8-9,12,26H,7,10-11H2,1-2H3;1-3H2/b14-8-;. The molecule has 1 saturated carbocycles. The molecule has 0 radical (unpaired) electrons. The summed E-state index contributed by atoms with van der Waals surface area (Å²) in [6.07, 6.45) is 11.1. The van der Waals surface area contributed by atoms with E-state index in [9.17, 15) is 0 Å². The highest BCUT2D eigenvalue weighted by atomic mass is 32.1. The van der Waals surface area contributed by atoms with Crippen molar-refractivity contribution in [3.05, 3.63) is 54.1 Å². The molecule has 30 heavy (non-hydrogen) atoms. The van der Waals surface area contributed by atoms with Crippen LogP contribution in [0.25, 0.3) is 26.7 Å². The Morgan fingerprint density at radius 3 is 2.73 bits per heavy atom. The Morgan fingerprint density at radius 2 is 2.03 bits per heavy atom. The third-order valence-corrected chi connectivity index (χ3v) is 6.48. The van der Waals surface area contributed by atoms with Crippen molar-refractivity contribution in [2.75, 3.05) is 24.6 Å². The van der Waals surface area contributed by atoms with E-state index in [-0.39, 0.29) is 0 Å². The lowest BCUT2D eigenvalue weighted by atomic mass is 10.0. The van der Waals surface area contributed by atoms with Crippen molar-refractivity contribution in [3.63, 3.8) is 0 Å². The summed E-state index contributed by atoms with van der Waals surface area (Å²) in [6.45, 7) is 3.47. The number of aromatic nitrogens is 3. The molecule has 4 heterocycles. The van der Waals surface area contributed by atoms with Gasteiger partial charge >= 0.3 is 0 Å². The summed E-state index contributed by atoms with van der Waals surface area (Å²) in [5, 5.41) is 0.959. The van der Waals surface area contributed by atoms with Crippen LogP contribution in [-0.2, 0) is 4.74 Å². The minimum atomic E-state index is 0.581. The van der Waals surface area contributed by atoms with Gasteiger partial charge in [0.15, 0.2) is 0 Å². The average molecular weight is 439 g/mol. The molecule has 0 N–H and O–H groups in total. The first-order valence-electron chi connectivity index (χ1n) is 10.2. The van der Waals surface area contributed by atoms with E-state index >= 15 is 0 Å². The Kier molecular flexibility index (Phi) is 6.82. The fourth-order valence-corrected chi connectivity index (χ4v) is 4.41. The van der Waals surface area contributed by atoms with Crippen molar-refractivity contribution in [1.29, 1.82) is 0 Å². The number of pyridine rings is 2. The summed E-state index contributed by atoms with van der Waals surface area (Å²) in [4.78, 5) is 15.0. The summed E-state index contributed by atoms with van der Waals surface area (Å²) in [5.41, 5.74) is 6.15. The van der Waals surface area contributed by atoms with E-state index in [1.165, 1.54) is 24.8 Å². The highest BCUT2D eigenvalue weighted by Gasteiger charge is 2.22. The number of aryl methyl sites for hydroxylation is 1. The molecular formula is C23H26N4OS2. The van der Waals surface area contributed by atoms with E-state index in [4.69, 9.17) is 14.7 Å². The van der Waals surface area contributed by atoms with Crippen molar-refractivity contribution in [2.45, 2.75) is 32.6 Å². The van der Waals surface area contributed by atoms with Crippen LogP contribution in [0.5, 0.6) is 0 Å². The van der Waals surface area contributed by atoms with Gasteiger partial charge in [-0.2, -0.15) is 0 Å². The molecule has 0 unspecified atom stereocenters. The second-order valence-corrected chi connectivity index (χ2v) is 8.84. The first-order valence-corrected chi connectivity index (χ1v) is 11.4. The van der Waals surface area contributed by atoms with Crippen LogP contribution in [0.4, 0.5) is 5.69 Å². The highest BCUT2D eigenvalue weighted by Crippen LogP contribution is 2.39. The van der Waals surface area contributed by atoms with Crippen LogP contribution in [0.1, 0.15) is 37.1 Å². The number of thiazole rings is 1. The summed E-state index contributed by atoms with van der Waals surface area (Å²) in [7, 11) is 1.70. The van der Waals surface area contributed by atoms with Gasteiger partial charge in [0.1, 0.15) is 5.01 Å². The van der Waals surface area contributed by atoms with Crippen LogP contribution in [-0.4, -0.2) is 35.2 Å². The Bertz CT molecular complexity index is 1030. The molecule has 5 nitrogen and oxygen atoms in total. The number of anilines is 1. The quantitative estimate of drug-likeness (QED) is 0.519. The Labute approximate surface area is 187 Å². The largest absolute Gasteiger partial charge is 0.381 e. The van der Waals surface area contributed by atoms with Gasteiger partial charge in [-0.3, -0.25) is 4.98 Å². The first-order chi connectivity index (χ1) is 14.7. The van der Waals surface area contributed by atoms with Gasteiger partial charge in [0.05, 0.1) is 34.3 Å². The van der Waals surface area contributed by atoms with Crippen LogP contribution in [0.15, 0.2) is 42.7 Å². The molecule has 3 aromatic rings. The second kappa shape index (κ2) is 9.73. The van der Waals surface area contributed by atoms with Crippen LogP contribution < -0.4 is 4.31 Å². The lowest BCUT2D eigenvalue weighted by Crippen LogP contribution is -2.20. The summed E-state index contributed by atoms with van der Waals surface area (Å²) >= 11 is 6.23. The topological polar surface area (TPSA) is 51.1 Å². The molecule has 5 rings (SSSR count). The maximum absolute atomic E-state index is 5.22. The van der Waals surface area contributed by atoms with Gasteiger partial charge in [0, 0.05) is 31.6 Å². The predicted octanol–water partition coefficient (Wildman–Crippen LogP) is 5.83. The van der Waals surface area contributed by atoms with E-state index < -0.39 is 0 Å². The predicted molar refractivity (Wildman–Crippen MR) is 128 cm³/mol. The molecule has 0 bridgehead atoms. The molecule has 1 aliphatic heterocycles. The molecule has 0 amide bonds. The zero-order valence-electron chi connectivity index (χ0n) is 17.3. The summed E-state index contributed by atoms with van der Waals surface area (Å²) in [5.74, 6) is 0. The van der Waals surface area contributed by atoms with Gasteiger partial charge in [-0.1, -0.05) is 38.2 Å². The van der Waals surface area contributed by atoms with E-state index in [1.807, 2.05) is 29.6 Å². The molecule has 1 aliphatic carbocycles. The smallest absolute Gasteiger partial charge is 0.125 e. The molecular weight excluding hydrogens is 412 g/mol. The van der Waals surface area contributed by atoms with Gasteiger partial charge in [-0.25, -0.2) is 9.97 Å². The van der Waals surface area contributed by atoms with Gasteiger partial charge in [-0.05, 0) is 43.2 Å². The van der Waals surface area contributed by atoms with Crippen molar-refractivity contribution in [1.82, 2.24) is 15.0 Å². The number of rotatable bonds is 4. The fraction of sp³-hybridized carbons (Fsp3) is 0.348. The average Bonchev–Trinajstić information content (AvgIpc) is 3.62. The number of nitrogens with zero attached hydrogens (tertiary/aromatic N) is 4. The molecule has 0 spiro atoms. The maximum atomic E-state index is 5.22. The van der Waals surface area contributed by atoms with Gasteiger partial charge in [0.25, 0.3) is 0 Å². The number of thiol groups is 1. The Hall–Kier alpha value is -2.22. The van der Waals surface area contributed by atoms with Gasteiger partial charge in [-0.15, -0.1) is 11.3 Å². The molecule has 0 atom stereocenters. The van der Waals surface area contributed by atoms with E-state index in [0.29, 0.717) is 6.61 Å². The van der Waals surface area contributed by atoms with E-state index in [1.54, 1.807) is 24.6 Å². The van der Waals surface area contributed by atoms with Crippen LogP contribution in [0.2, 0.25) is 0 Å². The number of fused-ring (bicyclic) bond motifs is 1. The lowest BCUT2D eigenvalue weighted by molar-refractivity contribution is 0.234. The van der Waals surface area contributed by atoms with Gasteiger partial charge in [0.2, 0.25) is 0 Å². The number of ether oxygens (including phenoxy) is 1. The molecule has 7 heteroatoms. The third kappa shape index (κ3) is 4.91. The molecule has 3 aromatic heterocycles. The van der Waals surface area contributed by atoms with Crippen molar-refractivity contribution in [3.8, 4) is 21.1 Å². The minimum absolute atomic E-state index is 0.581. The third-order valence-electron chi connectivity index (χ3n) is 4.84. The number of hydrogen-bond donors (Lipinski definition) is 1. The van der Waals surface area contributed by atoms with E-state index in [2.05, 4.69) is 36.0 Å². The number of methoxy groups -OCH3 is 1. The second-order valence-electron chi connectivity index (χ2n) is 7.36. The number of hydrogen-bond acceptors (Lipinski definition) is 7. The monoisotopic (exact) mass is 438 g/mol. The molecule has 2 aliphatic rings. The van der Waals surface area contributed by atoms with Crippen LogP contribution >= 0.6 is 24.2 Å². The molecule has 0 saturated heterocycles. The zero-order valence-corrected chi connectivity index (χ0v) is 19.0. The first kappa shape index (κ1) is 21.0. The SMILES string of the molecule is C1CC1.COC/C=C1/CCN(S)c2ccc(-c3sc(-c4cccnc4)nc3C)nc21. The molecule has 0 aromatic carbocycles. The highest BCUT2D eigenvalue weighted by molar-refractivity contribution is 7.81. The zero-order chi connectivity index (χ0) is 20.9. The maximum Gasteiger partial charge on any atom is 0.125 e. The fourth-order valence-electron chi connectivity index (χ4n) is 3.12. The van der Waals surface area contributed by atoms with Crippen molar-refractivity contribution < 1.29 is 4.74 Å². The van der Waals surface area contributed by atoms with E-state index in [0.717, 1.165) is 51.2 Å². The Balaban J connectivity index is 0.000000667. The summed E-state index contributed by atoms with van der Waals surface area (Å²) in [6, 6.07) is 8.10. The van der Waals surface area contributed by atoms with Gasteiger partial charge < -0.3 is 9.04 Å². The minimum Gasteiger partial charge on any atom is -0.381 e. The van der Waals surface area contributed by atoms with Crippen LogP contribution in [0, 0.1) is 6.92 Å².